The SMILES string of the molecule is CCOC1(C(N)c2ccc(F)cc2F)CCOCC1. The molecule has 0 radical (unpaired) electrons. The molecule has 19 heavy (non-hydrogen) atoms. The second kappa shape index (κ2) is 5.94. The van der Waals surface area contributed by atoms with Crippen LogP contribution in [0.5, 0.6) is 0 Å². The summed E-state index contributed by atoms with van der Waals surface area (Å²) in [5, 5.41) is 0. The summed E-state index contributed by atoms with van der Waals surface area (Å²) < 4.78 is 37.9. The third-order valence-electron chi connectivity index (χ3n) is 3.64. The molecule has 1 aromatic rings. The van der Waals surface area contributed by atoms with E-state index in [1.54, 1.807) is 0 Å². The van der Waals surface area contributed by atoms with Gasteiger partial charge in [-0.25, -0.2) is 8.78 Å². The molecule has 0 aromatic heterocycles. The lowest BCUT2D eigenvalue weighted by Gasteiger charge is -2.41. The molecule has 0 spiro atoms. The van der Waals surface area contributed by atoms with E-state index in [1.807, 2.05) is 6.92 Å². The van der Waals surface area contributed by atoms with E-state index in [0.29, 0.717) is 32.7 Å². The minimum atomic E-state index is -0.633. The van der Waals surface area contributed by atoms with Gasteiger partial charge < -0.3 is 15.2 Å². The average molecular weight is 271 g/mol. The van der Waals surface area contributed by atoms with E-state index in [4.69, 9.17) is 15.2 Å². The Morgan fingerprint density at radius 3 is 2.63 bits per heavy atom. The Hall–Kier alpha value is -1.04. The van der Waals surface area contributed by atoms with E-state index < -0.39 is 23.3 Å². The first-order valence-corrected chi connectivity index (χ1v) is 6.51. The lowest BCUT2D eigenvalue weighted by atomic mass is 9.82. The molecule has 1 heterocycles. The number of rotatable bonds is 4. The Kier molecular flexibility index (Phi) is 4.50. The molecule has 0 saturated carbocycles. The van der Waals surface area contributed by atoms with Gasteiger partial charge in [-0.3, -0.25) is 0 Å². The number of halogens is 2. The smallest absolute Gasteiger partial charge is 0.130 e. The molecule has 0 bridgehead atoms. The van der Waals surface area contributed by atoms with Gasteiger partial charge in [0.15, 0.2) is 0 Å². The molecule has 0 aliphatic carbocycles. The largest absolute Gasteiger partial charge is 0.381 e. The quantitative estimate of drug-likeness (QED) is 0.915. The maximum atomic E-state index is 13.9. The van der Waals surface area contributed by atoms with Crippen molar-refractivity contribution in [1.82, 2.24) is 0 Å². The number of ether oxygens (including phenoxy) is 2. The predicted molar refractivity (Wildman–Crippen MR) is 67.7 cm³/mol. The second-order valence-electron chi connectivity index (χ2n) is 4.75. The van der Waals surface area contributed by atoms with Crippen molar-refractivity contribution in [2.45, 2.75) is 31.4 Å². The van der Waals surface area contributed by atoms with E-state index in [9.17, 15) is 8.78 Å². The third kappa shape index (κ3) is 2.94. The van der Waals surface area contributed by atoms with E-state index in [0.717, 1.165) is 6.07 Å². The highest BCUT2D eigenvalue weighted by molar-refractivity contribution is 5.25. The Bertz CT molecular complexity index is 428. The van der Waals surface area contributed by atoms with Crippen LogP contribution in [-0.4, -0.2) is 25.4 Å². The van der Waals surface area contributed by atoms with Crippen molar-refractivity contribution in [2.24, 2.45) is 5.73 Å². The molecule has 3 nitrogen and oxygen atoms in total. The van der Waals surface area contributed by atoms with E-state index >= 15 is 0 Å². The highest BCUT2D eigenvalue weighted by Crippen LogP contribution is 2.37. The normalized spacial score (nSPS) is 20.2. The summed E-state index contributed by atoms with van der Waals surface area (Å²) in [4.78, 5) is 0. The van der Waals surface area contributed by atoms with Gasteiger partial charge in [0.25, 0.3) is 0 Å². The van der Waals surface area contributed by atoms with Crippen LogP contribution in [0.4, 0.5) is 8.78 Å². The van der Waals surface area contributed by atoms with Gasteiger partial charge in [-0.1, -0.05) is 6.07 Å². The molecular weight excluding hydrogens is 252 g/mol. The van der Waals surface area contributed by atoms with Crippen molar-refractivity contribution >= 4 is 0 Å². The van der Waals surface area contributed by atoms with E-state index in [1.165, 1.54) is 12.1 Å². The molecule has 0 amide bonds. The Balaban J connectivity index is 2.30. The van der Waals surface area contributed by atoms with Crippen LogP contribution >= 0.6 is 0 Å². The zero-order chi connectivity index (χ0) is 13.9. The van der Waals surface area contributed by atoms with Crippen molar-refractivity contribution in [3.05, 3.63) is 35.4 Å². The molecule has 106 valence electrons. The molecule has 5 heteroatoms. The number of hydrogen-bond acceptors (Lipinski definition) is 3. The van der Waals surface area contributed by atoms with Crippen LogP contribution in [-0.2, 0) is 9.47 Å². The summed E-state index contributed by atoms with van der Waals surface area (Å²) in [7, 11) is 0. The second-order valence-corrected chi connectivity index (χ2v) is 4.75. The van der Waals surface area contributed by atoms with Crippen molar-refractivity contribution in [3.63, 3.8) is 0 Å². The molecule has 1 unspecified atom stereocenters. The lowest BCUT2D eigenvalue weighted by molar-refractivity contribution is -0.122. The standard InChI is InChI=1S/C14H19F2NO2/c1-2-19-14(5-7-18-8-6-14)13(17)11-4-3-10(15)9-12(11)16/h3-4,9,13H,2,5-8,17H2,1H3. The number of nitrogens with two attached hydrogens (primary N) is 1. The van der Waals surface area contributed by atoms with Crippen LogP contribution in [0.3, 0.4) is 0 Å². The third-order valence-corrected chi connectivity index (χ3v) is 3.64. The summed E-state index contributed by atoms with van der Waals surface area (Å²) >= 11 is 0. The van der Waals surface area contributed by atoms with Crippen LogP contribution in [0.15, 0.2) is 18.2 Å². The highest BCUT2D eigenvalue weighted by atomic mass is 19.1. The van der Waals surface area contributed by atoms with Gasteiger partial charge in [0.2, 0.25) is 0 Å². The van der Waals surface area contributed by atoms with Crippen LogP contribution < -0.4 is 5.73 Å². The fourth-order valence-corrected chi connectivity index (χ4v) is 2.59. The minimum Gasteiger partial charge on any atom is -0.381 e. The van der Waals surface area contributed by atoms with Crippen LogP contribution in [0.1, 0.15) is 31.4 Å². The van der Waals surface area contributed by atoms with Gasteiger partial charge >= 0.3 is 0 Å². The Morgan fingerprint density at radius 1 is 1.37 bits per heavy atom. The van der Waals surface area contributed by atoms with Crippen molar-refractivity contribution < 1.29 is 18.3 Å². The fraction of sp³-hybridized carbons (Fsp3) is 0.571. The van der Waals surface area contributed by atoms with Crippen molar-refractivity contribution in [2.75, 3.05) is 19.8 Å². The predicted octanol–water partition coefficient (Wildman–Crippen LogP) is 2.55. The van der Waals surface area contributed by atoms with Crippen LogP contribution in [0, 0.1) is 11.6 Å². The maximum absolute atomic E-state index is 13.9. The topological polar surface area (TPSA) is 44.5 Å². The summed E-state index contributed by atoms with van der Waals surface area (Å²) in [6.45, 7) is 3.45. The van der Waals surface area contributed by atoms with E-state index in [-0.39, 0.29) is 5.56 Å². The molecule has 1 aliphatic rings. The molecule has 2 N–H and O–H groups in total. The van der Waals surface area contributed by atoms with Crippen LogP contribution in [0.25, 0.3) is 0 Å². The van der Waals surface area contributed by atoms with Gasteiger partial charge in [0.1, 0.15) is 11.6 Å². The molecule has 1 fully saturated rings. The first kappa shape index (κ1) is 14.4. The van der Waals surface area contributed by atoms with Crippen LogP contribution in [0.2, 0.25) is 0 Å². The molecule has 1 aliphatic heterocycles. The van der Waals surface area contributed by atoms with Crippen molar-refractivity contribution in [1.29, 1.82) is 0 Å². The molecule has 1 aromatic carbocycles. The molecular formula is C14H19F2NO2. The van der Waals surface area contributed by atoms with Crippen molar-refractivity contribution in [3.8, 4) is 0 Å². The summed E-state index contributed by atoms with van der Waals surface area (Å²) in [6.07, 6.45) is 1.22. The highest BCUT2D eigenvalue weighted by Gasteiger charge is 2.41. The van der Waals surface area contributed by atoms with Gasteiger partial charge in [-0.05, 0) is 13.0 Å². The summed E-state index contributed by atoms with van der Waals surface area (Å²) in [5.74, 6) is -1.23. The van der Waals surface area contributed by atoms with E-state index in [2.05, 4.69) is 0 Å². The maximum Gasteiger partial charge on any atom is 0.130 e. The van der Waals surface area contributed by atoms with Gasteiger partial charge in [0.05, 0.1) is 11.6 Å². The Labute approximate surface area is 111 Å². The molecule has 2 rings (SSSR count). The van der Waals surface area contributed by atoms with Gasteiger partial charge in [-0.2, -0.15) is 0 Å². The summed E-state index contributed by atoms with van der Waals surface area (Å²) in [6, 6.07) is 2.84. The minimum absolute atomic E-state index is 0.289. The van der Waals surface area contributed by atoms with Gasteiger partial charge in [0, 0.05) is 44.3 Å². The summed E-state index contributed by atoms with van der Waals surface area (Å²) in [5.41, 5.74) is 5.85. The number of benzene rings is 1. The average Bonchev–Trinajstić information content (AvgIpc) is 2.39. The molecule has 1 saturated heterocycles. The first-order valence-electron chi connectivity index (χ1n) is 6.51. The fourth-order valence-electron chi connectivity index (χ4n) is 2.59. The lowest BCUT2D eigenvalue weighted by Crippen LogP contribution is -2.48. The zero-order valence-corrected chi connectivity index (χ0v) is 11.0. The Morgan fingerprint density at radius 2 is 2.05 bits per heavy atom. The molecule has 1 atom stereocenters. The number of hydrogen-bond donors (Lipinski definition) is 1. The zero-order valence-electron chi connectivity index (χ0n) is 11.0. The van der Waals surface area contributed by atoms with Gasteiger partial charge in [-0.15, -0.1) is 0 Å². The first-order chi connectivity index (χ1) is 9.09. The monoisotopic (exact) mass is 271 g/mol.